The molecule has 78 valence electrons. The maximum absolute atomic E-state index is 5.94. The van der Waals surface area contributed by atoms with Crippen molar-refractivity contribution in [2.45, 2.75) is 31.3 Å². The van der Waals surface area contributed by atoms with Crippen LogP contribution in [-0.2, 0) is 4.74 Å². The molecule has 1 heterocycles. The molecule has 1 aliphatic carbocycles. The number of nitrogens with zero attached hydrogens (tertiary/aromatic N) is 3. The van der Waals surface area contributed by atoms with Crippen molar-refractivity contribution in [3.63, 3.8) is 0 Å². The summed E-state index contributed by atoms with van der Waals surface area (Å²) in [4.78, 5) is 0. The Morgan fingerprint density at radius 3 is 3.07 bits per heavy atom. The zero-order valence-electron chi connectivity index (χ0n) is 8.39. The summed E-state index contributed by atoms with van der Waals surface area (Å²) in [5.41, 5.74) is 6.92. The summed E-state index contributed by atoms with van der Waals surface area (Å²) in [5.74, 6) is 0. The van der Waals surface area contributed by atoms with Crippen LogP contribution in [0.5, 0.6) is 0 Å². The van der Waals surface area contributed by atoms with Crippen molar-refractivity contribution >= 4 is 0 Å². The van der Waals surface area contributed by atoms with Crippen molar-refractivity contribution in [3.8, 4) is 0 Å². The normalized spacial score (nSPS) is 19.3. The number of hydrogen-bond acceptors (Lipinski definition) is 4. The van der Waals surface area contributed by atoms with E-state index in [9.17, 15) is 0 Å². The monoisotopic (exact) mass is 196 g/mol. The molecular weight excluding hydrogens is 180 g/mol. The molecule has 0 amide bonds. The zero-order chi connectivity index (χ0) is 9.97. The van der Waals surface area contributed by atoms with Gasteiger partial charge in [0.25, 0.3) is 0 Å². The van der Waals surface area contributed by atoms with Crippen molar-refractivity contribution in [1.29, 1.82) is 0 Å². The van der Waals surface area contributed by atoms with Crippen LogP contribution in [0.25, 0.3) is 0 Å². The summed E-state index contributed by atoms with van der Waals surface area (Å²) in [7, 11) is 1.65. The molecule has 5 heteroatoms. The maximum atomic E-state index is 5.94. The van der Waals surface area contributed by atoms with E-state index in [0.717, 1.165) is 5.69 Å². The number of ether oxygens (including phenoxy) is 1. The lowest BCUT2D eigenvalue weighted by atomic mass is 9.93. The molecule has 1 aromatic rings. The second-order valence-corrected chi connectivity index (χ2v) is 3.75. The van der Waals surface area contributed by atoms with Gasteiger partial charge in [0.1, 0.15) is 0 Å². The van der Waals surface area contributed by atoms with E-state index in [1.807, 2.05) is 4.68 Å². The smallest absolute Gasteiger partial charge is 0.0781 e. The molecule has 0 spiro atoms. The zero-order valence-corrected chi connectivity index (χ0v) is 8.39. The molecule has 1 atom stereocenters. The first kappa shape index (κ1) is 9.61. The summed E-state index contributed by atoms with van der Waals surface area (Å²) < 4.78 is 6.97. The molecular formula is C9H16N4O. The number of nitrogens with two attached hydrogens (primary N) is 1. The van der Waals surface area contributed by atoms with Gasteiger partial charge >= 0.3 is 0 Å². The largest absolute Gasteiger partial charge is 0.383 e. The molecule has 1 saturated carbocycles. The van der Waals surface area contributed by atoms with Gasteiger partial charge in [0.05, 0.1) is 30.6 Å². The van der Waals surface area contributed by atoms with Gasteiger partial charge in [-0.25, -0.2) is 4.68 Å². The Labute approximate surface area is 83.2 Å². The van der Waals surface area contributed by atoms with E-state index >= 15 is 0 Å². The topological polar surface area (TPSA) is 66.0 Å². The highest BCUT2D eigenvalue weighted by atomic mass is 16.5. The Kier molecular flexibility index (Phi) is 2.79. The van der Waals surface area contributed by atoms with Crippen LogP contribution in [-0.4, -0.2) is 28.7 Å². The quantitative estimate of drug-likeness (QED) is 0.767. The predicted molar refractivity (Wildman–Crippen MR) is 51.7 cm³/mol. The SMILES string of the molecule is COCC(N)c1cnnn1C1CCC1. The summed E-state index contributed by atoms with van der Waals surface area (Å²) in [5, 5.41) is 7.98. The first-order valence-corrected chi connectivity index (χ1v) is 4.97. The fourth-order valence-electron chi connectivity index (χ4n) is 1.70. The Morgan fingerprint density at radius 1 is 1.71 bits per heavy atom. The third-order valence-electron chi connectivity index (χ3n) is 2.75. The van der Waals surface area contributed by atoms with Gasteiger partial charge in [0, 0.05) is 7.11 Å². The van der Waals surface area contributed by atoms with Crippen molar-refractivity contribution < 1.29 is 4.74 Å². The molecule has 1 unspecified atom stereocenters. The molecule has 0 aliphatic heterocycles. The molecule has 14 heavy (non-hydrogen) atoms. The Morgan fingerprint density at radius 2 is 2.50 bits per heavy atom. The fraction of sp³-hybridized carbons (Fsp3) is 0.778. The lowest BCUT2D eigenvalue weighted by molar-refractivity contribution is 0.173. The Bertz CT molecular complexity index is 295. The highest BCUT2D eigenvalue weighted by Gasteiger charge is 2.24. The van der Waals surface area contributed by atoms with Crippen molar-refractivity contribution in [3.05, 3.63) is 11.9 Å². The van der Waals surface area contributed by atoms with Crippen molar-refractivity contribution in [2.75, 3.05) is 13.7 Å². The molecule has 2 N–H and O–H groups in total. The molecule has 2 rings (SSSR count). The summed E-state index contributed by atoms with van der Waals surface area (Å²) in [6, 6.07) is 0.394. The summed E-state index contributed by atoms with van der Waals surface area (Å²) >= 11 is 0. The molecule has 0 bridgehead atoms. The standard InChI is InChI=1S/C9H16N4O/c1-14-6-8(10)9-5-11-12-13(9)7-3-2-4-7/h5,7-8H,2-4,6,10H2,1H3. The van der Waals surface area contributed by atoms with E-state index in [0.29, 0.717) is 12.6 Å². The van der Waals surface area contributed by atoms with Gasteiger partial charge in [-0.3, -0.25) is 0 Å². The van der Waals surface area contributed by atoms with Crippen LogP contribution >= 0.6 is 0 Å². The van der Waals surface area contributed by atoms with Gasteiger partial charge in [-0.05, 0) is 19.3 Å². The predicted octanol–water partition coefficient (Wildman–Crippen LogP) is 0.649. The van der Waals surface area contributed by atoms with E-state index in [4.69, 9.17) is 10.5 Å². The van der Waals surface area contributed by atoms with E-state index < -0.39 is 0 Å². The molecule has 5 nitrogen and oxygen atoms in total. The molecule has 1 aromatic heterocycles. The molecule has 1 aliphatic rings. The van der Waals surface area contributed by atoms with Gasteiger partial charge in [-0.1, -0.05) is 5.21 Å². The molecule has 0 radical (unpaired) electrons. The minimum atomic E-state index is -0.115. The first-order chi connectivity index (χ1) is 6.83. The van der Waals surface area contributed by atoms with Gasteiger partial charge in [-0.15, -0.1) is 5.10 Å². The highest BCUT2D eigenvalue weighted by molar-refractivity contribution is 5.03. The summed E-state index contributed by atoms with van der Waals surface area (Å²) in [6.45, 7) is 0.514. The van der Waals surface area contributed by atoms with Crippen LogP contribution in [0.1, 0.15) is 37.0 Å². The lowest BCUT2D eigenvalue weighted by Crippen LogP contribution is -2.26. The third-order valence-corrected chi connectivity index (χ3v) is 2.75. The van der Waals surface area contributed by atoms with Crippen molar-refractivity contribution in [2.24, 2.45) is 5.73 Å². The second-order valence-electron chi connectivity index (χ2n) is 3.75. The van der Waals surface area contributed by atoms with Gasteiger partial charge in [0.2, 0.25) is 0 Å². The first-order valence-electron chi connectivity index (χ1n) is 4.97. The van der Waals surface area contributed by atoms with E-state index in [1.165, 1.54) is 19.3 Å². The minimum absolute atomic E-state index is 0.115. The second kappa shape index (κ2) is 4.06. The van der Waals surface area contributed by atoms with E-state index in [1.54, 1.807) is 13.3 Å². The molecule has 0 saturated heterocycles. The van der Waals surface area contributed by atoms with Gasteiger partial charge in [-0.2, -0.15) is 0 Å². The minimum Gasteiger partial charge on any atom is -0.383 e. The van der Waals surface area contributed by atoms with Crippen LogP contribution in [0.2, 0.25) is 0 Å². The third kappa shape index (κ3) is 1.65. The van der Waals surface area contributed by atoms with E-state index in [-0.39, 0.29) is 6.04 Å². The highest BCUT2D eigenvalue weighted by Crippen LogP contribution is 2.32. The van der Waals surface area contributed by atoms with Crippen LogP contribution in [0.15, 0.2) is 6.20 Å². The molecule has 0 aromatic carbocycles. The number of hydrogen-bond donors (Lipinski definition) is 1. The van der Waals surface area contributed by atoms with Crippen molar-refractivity contribution in [1.82, 2.24) is 15.0 Å². The average Bonchev–Trinajstić information content (AvgIpc) is 2.50. The lowest BCUT2D eigenvalue weighted by Gasteiger charge is -2.27. The van der Waals surface area contributed by atoms with Crippen LogP contribution in [0.3, 0.4) is 0 Å². The van der Waals surface area contributed by atoms with E-state index in [2.05, 4.69) is 10.3 Å². The Hall–Kier alpha value is -0.940. The molecule has 1 fully saturated rings. The van der Waals surface area contributed by atoms with Crippen LogP contribution in [0.4, 0.5) is 0 Å². The number of rotatable bonds is 4. The maximum Gasteiger partial charge on any atom is 0.0781 e. The van der Waals surface area contributed by atoms with Gasteiger partial charge < -0.3 is 10.5 Å². The van der Waals surface area contributed by atoms with Crippen LogP contribution < -0.4 is 5.73 Å². The number of aromatic nitrogens is 3. The average molecular weight is 196 g/mol. The van der Waals surface area contributed by atoms with Gasteiger partial charge in [0.15, 0.2) is 0 Å². The fourth-order valence-corrected chi connectivity index (χ4v) is 1.70. The number of methoxy groups -OCH3 is 1. The summed E-state index contributed by atoms with van der Waals surface area (Å²) in [6.07, 6.45) is 5.40. The van der Waals surface area contributed by atoms with Crippen LogP contribution in [0, 0.1) is 0 Å². The Balaban J connectivity index is 2.11.